The summed E-state index contributed by atoms with van der Waals surface area (Å²) in [5, 5.41) is 3.46. The van der Waals surface area contributed by atoms with Crippen molar-refractivity contribution < 1.29 is 14.3 Å². The zero-order chi connectivity index (χ0) is 28.5. The van der Waals surface area contributed by atoms with E-state index in [1.165, 1.54) is 18.2 Å². The van der Waals surface area contributed by atoms with Crippen LogP contribution in [0.1, 0.15) is 52.8 Å². The Morgan fingerprint density at radius 2 is 1.90 bits per heavy atom. The summed E-state index contributed by atoms with van der Waals surface area (Å²) >= 11 is 6.42. The number of nitrogens with zero attached hydrogens (tertiary/aromatic N) is 6. The van der Waals surface area contributed by atoms with Crippen LogP contribution in [0.25, 0.3) is 16.2 Å². The molecule has 2 aromatic carbocycles. The number of carbonyl (C=O) groups is 2. The van der Waals surface area contributed by atoms with Crippen LogP contribution in [-0.4, -0.2) is 38.4 Å². The van der Waals surface area contributed by atoms with Crippen LogP contribution in [-0.2, 0) is 10.3 Å². The van der Waals surface area contributed by atoms with Crippen molar-refractivity contribution in [3.63, 3.8) is 0 Å². The fourth-order valence-corrected chi connectivity index (χ4v) is 5.85. The summed E-state index contributed by atoms with van der Waals surface area (Å²) in [4.78, 5) is 46.7. The van der Waals surface area contributed by atoms with Gasteiger partial charge in [0, 0.05) is 22.3 Å². The van der Waals surface area contributed by atoms with Crippen molar-refractivity contribution in [3.05, 3.63) is 87.1 Å². The van der Waals surface area contributed by atoms with Crippen molar-refractivity contribution in [1.29, 1.82) is 0 Å². The summed E-state index contributed by atoms with van der Waals surface area (Å²) in [6, 6.07) is 10.7. The molecule has 0 saturated carbocycles. The SMILES string of the molecule is [C-]#[N+]c1ncc(-c2nc3c(n2C(C)C)C2(C(=O)Nc4cc(C)ccc42)N(c2cc(Cl)ccc2C)C3=O)c(OC)n1. The maximum Gasteiger partial charge on any atom is 0.374 e. The van der Waals surface area contributed by atoms with E-state index in [9.17, 15) is 9.59 Å². The van der Waals surface area contributed by atoms with Gasteiger partial charge >= 0.3 is 5.95 Å². The molecule has 2 aromatic heterocycles. The number of carbonyl (C=O) groups excluding carboxylic acids is 2. The minimum atomic E-state index is -1.56. The molecule has 1 unspecified atom stereocenters. The van der Waals surface area contributed by atoms with Crippen molar-refractivity contribution in [2.45, 2.75) is 39.3 Å². The predicted octanol–water partition coefficient (Wildman–Crippen LogP) is 5.61. The topological polar surface area (TPSA) is 107 Å². The van der Waals surface area contributed by atoms with Gasteiger partial charge in [0.1, 0.15) is 11.8 Å². The van der Waals surface area contributed by atoms with E-state index in [1.54, 1.807) is 12.1 Å². The van der Waals surface area contributed by atoms with Crippen molar-refractivity contribution in [3.8, 4) is 17.3 Å². The van der Waals surface area contributed by atoms with Gasteiger partial charge in [-0.2, -0.15) is 4.98 Å². The number of halogens is 1. The van der Waals surface area contributed by atoms with Crippen molar-refractivity contribution >= 4 is 40.7 Å². The standard InChI is InChI=1S/C29H24ClN7O3/c1-14(2)36-23-22(34-24(36)18-13-32-28(31-5)35-25(18)40-6)26(38)37(21-12-17(30)9-8-16(21)4)29(23)19-10-7-15(3)11-20(19)33-27(29)39/h7-14H,1-4,6H3,(H,33,39). The first-order valence-electron chi connectivity index (χ1n) is 12.6. The Labute approximate surface area is 235 Å². The lowest BCUT2D eigenvalue weighted by Gasteiger charge is -2.36. The molecule has 4 heterocycles. The van der Waals surface area contributed by atoms with Gasteiger partial charge in [0.25, 0.3) is 17.7 Å². The zero-order valence-electron chi connectivity index (χ0n) is 22.4. The van der Waals surface area contributed by atoms with E-state index in [2.05, 4.69) is 20.1 Å². The fraction of sp³-hybridized carbons (Fsp3) is 0.241. The smallest absolute Gasteiger partial charge is 0.374 e. The lowest BCUT2D eigenvalue weighted by atomic mass is 9.86. The van der Waals surface area contributed by atoms with Crippen LogP contribution in [0.5, 0.6) is 5.88 Å². The maximum atomic E-state index is 14.4. The number of nitrogens with one attached hydrogen (secondary N) is 1. The van der Waals surface area contributed by atoms with E-state index >= 15 is 0 Å². The number of benzene rings is 2. The number of fused-ring (bicyclic) bond motifs is 4. The van der Waals surface area contributed by atoms with Gasteiger partial charge in [0.2, 0.25) is 0 Å². The number of methoxy groups -OCH3 is 1. The Morgan fingerprint density at radius 1 is 1.12 bits per heavy atom. The maximum absolute atomic E-state index is 14.4. The molecule has 40 heavy (non-hydrogen) atoms. The summed E-state index contributed by atoms with van der Waals surface area (Å²) in [5.41, 5.74) is 2.90. The molecule has 1 atom stereocenters. The quantitative estimate of drug-likeness (QED) is 0.329. The molecule has 2 aliphatic heterocycles. The molecule has 2 amide bonds. The molecule has 6 rings (SSSR count). The van der Waals surface area contributed by atoms with E-state index in [0.29, 0.717) is 39.0 Å². The Morgan fingerprint density at radius 3 is 2.60 bits per heavy atom. The fourth-order valence-electron chi connectivity index (χ4n) is 5.69. The number of hydrogen-bond donors (Lipinski definition) is 1. The minimum absolute atomic E-state index is 0.0783. The highest BCUT2D eigenvalue weighted by Gasteiger charge is 2.64. The normalized spacial score (nSPS) is 17.3. The number of amides is 2. The van der Waals surface area contributed by atoms with Crippen LogP contribution in [0.2, 0.25) is 5.02 Å². The van der Waals surface area contributed by atoms with Gasteiger partial charge in [0.15, 0.2) is 17.1 Å². The van der Waals surface area contributed by atoms with Gasteiger partial charge in [-0.05, 0) is 57.0 Å². The molecule has 0 fully saturated rings. The van der Waals surface area contributed by atoms with Crippen molar-refractivity contribution in [2.75, 3.05) is 17.3 Å². The first-order chi connectivity index (χ1) is 19.1. The average molecular weight is 554 g/mol. The second kappa shape index (κ2) is 8.89. The lowest BCUT2D eigenvalue weighted by molar-refractivity contribution is -0.119. The van der Waals surface area contributed by atoms with Gasteiger partial charge in [-0.25, -0.2) is 4.98 Å². The summed E-state index contributed by atoms with van der Waals surface area (Å²) in [6.45, 7) is 15.0. The zero-order valence-corrected chi connectivity index (χ0v) is 23.2. The van der Waals surface area contributed by atoms with Crippen LogP contribution >= 0.6 is 11.6 Å². The number of ether oxygens (including phenoxy) is 1. The van der Waals surface area contributed by atoms with Crippen LogP contribution in [0.15, 0.2) is 42.6 Å². The summed E-state index contributed by atoms with van der Waals surface area (Å²) < 4.78 is 7.36. The molecule has 0 aliphatic carbocycles. The molecule has 0 bridgehead atoms. The highest BCUT2D eigenvalue weighted by atomic mass is 35.5. The Hall–Kier alpha value is -4.75. The summed E-state index contributed by atoms with van der Waals surface area (Å²) in [7, 11) is 1.44. The third-order valence-electron chi connectivity index (χ3n) is 7.34. The number of hydrogen-bond acceptors (Lipinski definition) is 6. The molecule has 0 saturated heterocycles. The molecular weight excluding hydrogens is 530 g/mol. The first-order valence-corrected chi connectivity index (χ1v) is 13.0. The molecule has 4 aromatic rings. The molecule has 2 aliphatic rings. The summed E-state index contributed by atoms with van der Waals surface area (Å²) in [5.74, 6) is -0.397. The van der Waals surface area contributed by atoms with Gasteiger partial charge in [-0.15, -0.1) is 11.6 Å². The van der Waals surface area contributed by atoms with Gasteiger partial charge < -0.3 is 19.5 Å². The van der Waals surface area contributed by atoms with E-state index in [1.807, 2.05) is 56.5 Å². The number of rotatable bonds is 4. The van der Waals surface area contributed by atoms with Crippen LogP contribution in [0.3, 0.4) is 0 Å². The Kier molecular flexibility index (Phi) is 5.68. The Balaban J connectivity index is 1.73. The van der Waals surface area contributed by atoms with Crippen molar-refractivity contribution in [1.82, 2.24) is 19.5 Å². The monoisotopic (exact) mass is 553 g/mol. The second-order valence-corrected chi connectivity index (χ2v) is 10.5. The molecule has 11 heteroatoms. The molecule has 1 spiro atoms. The number of imidazole rings is 1. The van der Waals surface area contributed by atoms with Crippen molar-refractivity contribution in [2.24, 2.45) is 0 Å². The lowest BCUT2D eigenvalue weighted by Crippen LogP contribution is -2.51. The molecule has 0 radical (unpaired) electrons. The molecule has 200 valence electrons. The number of anilines is 2. The van der Waals surface area contributed by atoms with Gasteiger partial charge in [0.05, 0.1) is 18.5 Å². The van der Waals surface area contributed by atoms with E-state index in [-0.39, 0.29) is 29.5 Å². The van der Waals surface area contributed by atoms with Crippen LogP contribution < -0.4 is 15.0 Å². The highest BCUT2D eigenvalue weighted by Crippen LogP contribution is 2.55. The van der Waals surface area contributed by atoms with Gasteiger partial charge in [-0.3, -0.25) is 14.5 Å². The third kappa shape index (κ3) is 3.31. The Bertz CT molecular complexity index is 1810. The molecular formula is C29H24ClN7O3. The predicted molar refractivity (Wildman–Crippen MR) is 150 cm³/mol. The summed E-state index contributed by atoms with van der Waals surface area (Å²) in [6.07, 6.45) is 1.46. The number of aryl methyl sites for hydroxylation is 2. The first kappa shape index (κ1) is 25.5. The van der Waals surface area contributed by atoms with Gasteiger partial charge in [-0.1, -0.05) is 29.8 Å². The average Bonchev–Trinajstić information content (AvgIpc) is 3.53. The van der Waals surface area contributed by atoms with E-state index < -0.39 is 11.4 Å². The number of aromatic nitrogens is 4. The van der Waals surface area contributed by atoms with Crippen LogP contribution in [0.4, 0.5) is 17.3 Å². The molecule has 1 N–H and O–H groups in total. The van der Waals surface area contributed by atoms with E-state index in [0.717, 1.165) is 11.1 Å². The van der Waals surface area contributed by atoms with E-state index in [4.69, 9.17) is 27.9 Å². The second-order valence-electron chi connectivity index (χ2n) is 10.1. The molecule has 10 nitrogen and oxygen atoms in total. The largest absolute Gasteiger partial charge is 0.469 e. The van der Waals surface area contributed by atoms with Crippen LogP contribution in [0, 0.1) is 20.4 Å². The highest BCUT2D eigenvalue weighted by molar-refractivity contribution is 6.31. The minimum Gasteiger partial charge on any atom is -0.469 e. The third-order valence-corrected chi connectivity index (χ3v) is 7.58.